The summed E-state index contributed by atoms with van der Waals surface area (Å²) in [4.78, 5) is 27.1. The number of sulfonamides is 1. The average Bonchev–Trinajstić information content (AvgIpc) is 2.84. The van der Waals surface area contributed by atoms with E-state index in [0.717, 1.165) is 30.0 Å². The van der Waals surface area contributed by atoms with Crippen LogP contribution in [-0.4, -0.2) is 55.6 Å². The first kappa shape index (κ1) is 23.9. The van der Waals surface area contributed by atoms with Gasteiger partial charge in [0, 0.05) is 36.3 Å². The Morgan fingerprint density at radius 1 is 1.03 bits per heavy atom. The van der Waals surface area contributed by atoms with E-state index in [1.165, 1.54) is 28.4 Å². The molecular formula is C26H29N3O4S. The Bertz CT molecular complexity index is 1320. The minimum atomic E-state index is -3.69. The lowest BCUT2D eigenvalue weighted by atomic mass is 10.1. The quantitative estimate of drug-likeness (QED) is 0.576. The van der Waals surface area contributed by atoms with Crippen LogP contribution < -0.4 is 5.32 Å². The summed E-state index contributed by atoms with van der Waals surface area (Å²) < 4.78 is 27.8. The van der Waals surface area contributed by atoms with Crippen molar-refractivity contribution in [2.75, 3.05) is 25.5 Å². The van der Waals surface area contributed by atoms with Crippen LogP contribution in [0.4, 0.5) is 5.69 Å². The number of amides is 2. The van der Waals surface area contributed by atoms with Gasteiger partial charge in [0.1, 0.15) is 0 Å². The zero-order chi connectivity index (χ0) is 24.3. The van der Waals surface area contributed by atoms with Crippen molar-refractivity contribution in [3.63, 3.8) is 0 Å². The highest BCUT2D eigenvalue weighted by molar-refractivity contribution is 7.89. The van der Waals surface area contributed by atoms with Gasteiger partial charge >= 0.3 is 0 Å². The molecule has 8 heteroatoms. The SMILES string of the molecule is CC1CCCCN1S(=O)(=O)c1cccc(C(=O)N(C)CC(=O)Nc2cccc3ccccc23)c1. The second-order valence-electron chi connectivity index (χ2n) is 8.72. The lowest BCUT2D eigenvalue weighted by molar-refractivity contribution is -0.116. The second kappa shape index (κ2) is 9.95. The smallest absolute Gasteiger partial charge is 0.254 e. The normalized spacial score (nSPS) is 16.8. The second-order valence-corrected chi connectivity index (χ2v) is 10.6. The maximum absolute atomic E-state index is 13.2. The van der Waals surface area contributed by atoms with E-state index in [1.807, 2.05) is 49.4 Å². The summed E-state index contributed by atoms with van der Waals surface area (Å²) in [6.07, 6.45) is 2.67. The molecule has 178 valence electrons. The Morgan fingerprint density at radius 3 is 2.56 bits per heavy atom. The van der Waals surface area contributed by atoms with Gasteiger partial charge in [-0.25, -0.2) is 8.42 Å². The molecule has 0 bridgehead atoms. The molecule has 1 saturated heterocycles. The van der Waals surface area contributed by atoms with E-state index in [0.29, 0.717) is 12.2 Å². The summed E-state index contributed by atoms with van der Waals surface area (Å²) in [6, 6.07) is 19.4. The number of hydrogen-bond donors (Lipinski definition) is 1. The topological polar surface area (TPSA) is 86.8 Å². The number of carbonyl (C=O) groups excluding carboxylic acids is 2. The summed E-state index contributed by atoms with van der Waals surface area (Å²) in [5, 5.41) is 4.79. The van der Waals surface area contributed by atoms with E-state index in [1.54, 1.807) is 12.1 Å². The van der Waals surface area contributed by atoms with Crippen molar-refractivity contribution >= 4 is 38.3 Å². The number of rotatable bonds is 6. The number of hydrogen-bond acceptors (Lipinski definition) is 4. The van der Waals surface area contributed by atoms with E-state index in [-0.39, 0.29) is 29.0 Å². The third-order valence-electron chi connectivity index (χ3n) is 6.22. The molecule has 34 heavy (non-hydrogen) atoms. The van der Waals surface area contributed by atoms with Gasteiger partial charge in [-0.3, -0.25) is 9.59 Å². The van der Waals surface area contributed by atoms with E-state index >= 15 is 0 Å². The van der Waals surface area contributed by atoms with Crippen molar-refractivity contribution in [1.29, 1.82) is 0 Å². The number of carbonyl (C=O) groups is 2. The maximum Gasteiger partial charge on any atom is 0.254 e. The molecule has 0 aromatic heterocycles. The van der Waals surface area contributed by atoms with Crippen LogP contribution in [0.3, 0.4) is 0 Å². The fourth-order valence-electron chi connectivity index (χ4n) is 4.39. The first-order chi connectivity index (χ1) is 16.3. The highest BCUT2D eigenvalue weighted by Gasteiger charge is 2.31. The standard InChI is InChI=1S/C26H29N3O4S/c1-19-9-5-6-16-29(19)34(32,33)22-13-7-12-21(17-22)26(31)28(2)18-25(30)27-24-15-8-11-20-10-3-4-14-23(20)24/h3-4,7-8,10-15,17,19H,5-6,9,16,18H2,1-2H3,(H,27,30). The third kappa shape index (κ3) is 4.98. The highest BCUT2D eigenvalue weighted by atomic mass is 32.2. The molecule has 0 spiro atoms. The van der Waals surface area contributed by atoms with Crippen molar-refractivity contribution in [3.05, 3.63) is 72.3 Å². The maximum atomic E-state index is 13.2. The lowest BCUT2D eigenvalue weighted by Crippen LogP contribution is -2.42. The number of piperidine rings is 1. The van der Waals surface area contributed by atoms with E-state index in [9.17, 15) is 18.0 Å². The number of likely N-dealkylation sites (N-methyl/N-ethyl adjacent to an activating group) is 1. The molecule has 1 unspecified atom stereocenters. The van der Waals surface area contributed by atoms with Gasteiger partial charge in [-0.05, 0) is 49.4 Å². The lowest BCUT2D eigenvalue weighted by Gasteiger charge is -2.32. The molecule has 1 N–H and O–H groups in total. The van der Waals surface area contributed by atoms with Crippen LogP contribution in [0.25, 0.3) is 10.8 Å². The Hall–Kier alpha value is -3.23. The molecule has 3 aromatic rings. The van der Waals surface area contributed by atoms with E-state index < -0.39 is 15.9 Å². The Morgan fingerprint density at radius 2 is 1.76 bits per heavy atom. The van der Waals surface area contributed by atoms with Gasteiger partial charge < -0.3 is 10.2 Å². The average molecular weight is 480 g/mol. The summed E-state index contributed by atoms with van der Waals surface area (Å²) in [5.41, 5.74) is 0.902. The van der Waals surface area contributed by atoms with Gasteiger partial charge in [-0.1, -0.05) is 48.9 Å². The molecule has 2 amide bonds. The highest BCUT2D eigenvalue weighted by Crippen LogP contribution is 2.26. The molecular weight excluding hydrogens is 450 g/mol. The summed E-state index contributed by atoms with van der Waals surface area (Å²) >= 11 is 0. The molecule has 1 aliphatic heterocycles. The van der Waals surface area contributed by atoms with Crippen LogP contribution in [0.5, 0.6) is 0 Å². The third-order valence-corrected chi connectivity index (χ3v) is 8.23. The van der Waals surface area contributed by atoms with Crippen molar-refractivity contribution in [1.82, 2.24) is 9.21 Å². The Balaban J connectivity index is 1.47. The summed E-state index contributed by atoms with van der Waals surface area (Å²) in [6.45, 7) is 2.23. The van der Waals surface area contributed by atoms with Crippen LogP contribution in [0, 0.1) is 0 Å². The molecule has 1 aliphatic rings. The minimum Gasteiger partial charge on any atom is -0.332 e. The van der Waals surface area contributed by atoms with Gasteiger partial charge in [0.2, 0.25) is 15.9 Å². The first-order valence-electron chi connectivity index (χ1n) is 11.4. The van der Waals surface area contributed by atoms with Gasteiger partial charge in [-0.15, -0.1) is 0 Å². The number of nitrogens with one attached hydrogen (secondary N) is 1. The molecule has 3 aromatic carbocycles. The van der Waals surface area contributed by atoms with Crippen LogP contribution in [-0.2, 0) is 14.8 Å². The molecule has 0 aliphatic carbocycles. The van der Waals surface area contributed by atoms with Gasteiger partial charge in [0.25, 0.3) is 5.91 Å². The van der Waals surface area contributed by atoms with Crippen LogP contribution in [0.2, 0.25) is 0 Å². The Labute approximate surface area is 200 Å². The predicted molar refractivity (Wildman–Crippen MR) is 133 cm³/mol. The summed E-state index contributed by atoms with van der Waals surface area (Å²) in [7, 11) is -2.17. The molecule has 0 radical (unpaired) electrons. The van der Waals surface area contributed by atoms with Crippen molar-refractivity contribution in [2.45, 2.75) is 37.1 Å². The van der Waals surface area contributed by atoms with Crippen molar-refractivity contribution < 1.29 is 18.0 Å². The summed E-state index contributed by atoms with van der Waals surface area (Å²) in [5.74, 6) is -0.755. The van der Waals surface area contributed by atoms with Gasteiger partial charge in [0.05, 0.1) is 11.4 Å². The largest absolute Gasteiger partial charge is 0.332 e. The molecule has 1 fully saturated rings. The zero-order valence-corrected chi connectivity index (χ0v) is 20.2. The van der Waals surface area contributed by atoms with E-state index in [2.05, 4.69) is 5.32 Å². The van der Waals surface area contributed by atoms with Crippen molar-refractivity contribution in [3.8, 4) is 0 Å². The van der Waals surface area contributed by atoms with Gasteiger partial charge in [-0.2, -0.15) is 4.31 Å². The predicted octanol–water partition coefficient (Wildman–Crippen LogP) is 4.11. The fourth-order valence-corrected chi connectivity index (χ4v) is 6.13. The first-order valence-corrected chi connectivity index (χ1v) is 12.9. The minimum absolute atomic E-state index is 0.0708. The molecule has 1 heterocycles. The van der Waals surface area contributed by atoms with Crippen LogP contribution in [0.1, 0.15) is 36.5 Å². The number of benzene rings is 3. The van der Waals surface area contributed by atoms with Gasteiger partial charge in [0.15, 0.2) is 0 Å². The van der Waals surface area contributed by atoms with E-state index in [4.69, 9.17) is 0 Å². The fraction of sp³-hybridized carbons (Fsp3) is 0.308. The van der Waals surface area contributed by atoms with Crippen LogP contribution >= 0.6 is 0 Å². The van der Waals surface area contributed by atoms with Crippen LogP contribution in [0.15, 0.2) is 71.6 Å². The Kier molecular flexibility index (Phi) is 7.00. The van der Waals surface area contributed by atoms with Crippen molar-refractivity contribution in [2.24, 2.45) is 0 Å². The number of nitrogens with zero attached hydrogens (tertiary/aromatic N) is 2. The number of fused-ring (bicyclic) bond motifs is 1. The molecule has 7 nitrogen and oxygen atoms in total. The molecule has 1 atom stereocenters. The molecule has 0 saturated carbocycles. The molecule has 4 rings (SSSR count). The number of anilines is 1. The monoisotopic (exact) mass is 479 g/mol. The zero-order valence-electron chi connectivity index (χ0n) is 19.4.